The molecule has 1 spiro atoms. The van der Waals surface area contributed by atoms with Crippen LogP contribution in [0.5, 0.6) is 0 Å². The van der Waals surface area contributed by atoms with Gasteiger partial charge < -0.3 is 9.84 Å². The normalized spacial score (nSPS) is 26.9. The average molecular weight is 261 g/mol. The molecule has 3 rings (SSSR count). The Balaban J connectivity index is 1.77. The molecule has 3 heteroatoms. The Labute approximate surface area is 115 Å². The smallest absolute Gasteiger partial charge is 0.0992 e. The molecular weight excluding hydrogens is 238 g/mol. The van der Waals surface area contributed by atoms with E-state index in [0.717, 1.165) is 31.6 Å². The van der Waals surface area contributed by atoms with Crippen LogP contribution in [0.25, 0.3) is 0 Å². The lowest BCUT2D eigenvalue weighted by Gasteiger charge is -2.48. The Hall–Kier alpha value is -0.930. The summed E-state index contributed by atoms with van der Waals surface area (Å²) in [5, 5.41) is 10.7. The first-order valence-electron chi connectivity index (χ1n) is 7.50. The van der Waals surface area contributed by atoms with Crippen molar-refractivity contribution >= 4 is 0 Å². The number of hydrogen-bond acceptors (Lipinski definition) is 3. The Morgan fingerprint density at radius 1 is 1.53 bits per heavy atom. The van der Waals surface area contributed by atoms with E-state index in [2.05, 4.69) is 18.0 Å². The maximum atomic E-state index is 10.7. The maximum Gasteiger partial charge on any atom is 0.0992 e. The highest BCUT2D eigenvalue weighted by Crippen LogP contribution is 2.47. The minimum Gasteiger partial charge on any atom is -0.387 e. The topological polar surface area (TPSA) is 42.4 Å². The fraction of sp³-hybridized carbons (Fsp3) is 0.688. The number of ether oxygens (including phenoxy) is 1. The molecule has 0 radical (unpaired) electrons. The maximum absolute atomic E-state index is 10.7. The minimum absolute atomic E-state index is 0.0883. The van der Waals surface area contributed by atoms with E-state index in [-0.39, 0.29) is 5.60 Å². The van der Waals surface area contributed by atoms with Crippen molar-refractivity contribution in [3.63, 3.8) is 0 Å². The molecule has 0 bridgehead atoms. The largest absolute Gasteiger partial charge is 0.387 e. The van der Waals surface area contributed by atoms with Crippen molar-refractivity contribution < 1.29 is 9.84 Å². The van der Waals surface area contributed by atoms with Gasteiger partial charge in [0.25, 0.3) is 0 Å². The number of aliphatic hydroxyl groups excluding tert-OH is 1. The van der Waals surface area contributed by atoms with Crippen molar-refractivity contribution in [2.75, 3.05) is 6.61 Å². The first-order valence-corrected chi connectivity index (χ1v) is 7.50. The monoisotopic (exact) mass is 261 g/mol. The fourth-order valence-electron chi connectivity index (χ4n) is 3.49. The van der Waals surface area contributed by atoms with Gasteiger partial charge in [0.1, 0.15) is 0 Å². The van der Waals surface area contributed by atoms with Crippen LogP contribution < -0.4 is 0 Å². The molecule has 0 aromatic carbocycles. The molecule has 1 aromatic rings. The SMILES string of the molecule is CCc1cccnc1C(O)C1CCOC2(CCC2)C1. The van der Waals surface area contributed by atoms with Gasteiger partial charge in [-0.3, -0.25) is 4.98 Å². The van der Waals surface area contributed by atoms with Gasteiger partial charge in [-0.05, 0) is 56.1 Å². The summed E-state index contributed by atoms with van der Waals surface area (Å²) in [5.41, 5.74) is 2.14. The molecule has 104 valence electrons. The number of rotatable bonds is 3. The van der Waals surface area contributed by atoms with E-state index >= 15 is 0 Å². The van der Waals surface area contributed by atoms with Crippen LogP contribution >= 0.6 is 0 Å². The zero-order valence-electron chi connectivity index (χ0n) is 11.6. The summed E-state index contributed by atoms with van der Waals surface area (Å²) in [6.45, 7) is 2.90. The standard InChI is InChI=1S/C16H23NO2/c1-2-12-5-3-9-17-14(12)15(18)13-6-10-19-16(11-13)7-4-8-16/h3,5,9,13,15,18H,2,4,6-8,10-11H2,1H3. The molecule has 1 aromatic heterocycles. The van der Waals surface area contributed by atoms with Crippen molar-refractivity contribution in [2.24, 2.45) is 5.92 Å². The molecule has 1 aliphatic carbocycles. The number of nitrogens with zero attached hydrogens (tertiary/aromatic N) is 1. The molecule has 2 aliphatic rings. The van der Waals surface area contributed by atoms with E-state index in [1.807, 2.05) is 6.07 Å². The number of hydrogen-bond donors (Lipinski definition) is 1. The second kappa shape index (κ2) is 5.22. The molecule has 1 saturated carbocycles. The van der Waals surface area contributed by atoms with Crippen LogP contribution in [0.3, 0.4) is 0 Å². The first-order chi connectivity index (χ1) is 9.24. The number of pyridine rings is 1. The van der Waals surface area contributed by atoms with Crippen LogP contribution in [0.1, 0.15) is 56.4 Å². The lowest BCUT2D eigenvalue weighted by Crippen LogP contribution is -2.46. The van der Waals surface area contributed by atoms with Crippen molar-refractivity contribution in [3.8, 4) is 0 Å². The van der Waals surface area contributed by atoms with E-state index in [1.54, 1.807) is 6.20 Å². The Kier molecular flexibility index (Phi) is 3.59. The Morgan fingerprint density at radius 2 is 2.37 bits per heavy atom. The van der Waals surface area contributed by atoms with Gasteiger partial charge in [0, 0.05) is 12.8 Å². The van der Waals surface area contributed by atoms with Gasteiger partial charge in [0.15, 0.2) is 0 Å². The zero-order valence-corrected chi connectivity index (χ0v) is 11.6. The quantitative estimate of drug-likeness (QED) is 0.909. The molecule has 2 unspecified atom stereocenters. The molecule has 2 atom stereocenters. The fourth-order valence-corrected chi connectivity index (χ4v) is 3.49. The third-order valence-corrected chi connectivity index (χ3v) is 4.83. The van der Waals surface area contributed by atoms with E-state index in [4.69, 9.17) is 4.74 Å². The van der Waals surface area contributed by atoms with E-state index in [1.165, 1.54) is 24.8 Å². The molecule has 1 aliphatic heterocycles. The summed E-state index contributed by atoms with van der Waals surface area (Å²) < 4.78 is 5.94. The van der Waals surface area contributed by atoms with Crippen molar-refractivity contribution in [1.29, 1.82) is 0 Å². The lowest BCUT2D eigenvalue weighted by molar-refractivity contribution is -0.157. The lowest BCUT2D eigenvalue weighted by atomic mass is 9.70. The molecule has 1 N–H and O–H groups in total. The van der Waals surface area contributed by atoms with Gasteiger partial charge in [-0.1, -0.05) is 13.0 Å². The van der Waals surface area contributed by atoms with Gasteiger partial charge >= 0.3 is 0 Å². The molecule has 1 saturated heterocycles. The van der Waals surface area contributed by atoms with Gasteiger partial charge in [0.2, 0.25) is 0 Å². The Bertz CT molecular complexity index is 442. The zero-order chi connectivity index (χ0) is 13.3. The summed E-state index contributed by atoms with van der Waals surface area (Å²) in [6, 6.07) is 4.02. The summed E-state index contributed by atoms with van der Waals surface area (Å²) >= 11 is 0. The molecule has 2 heterocycles. The van der Waals surface area contributed by atoms with Crippen LogP contribution in [0.2, 0.25) is 0 Å². The van der Waals surface area contributed by atoms with Crippen LogP contribution in [0.15, 0.2) is 18.3 Å². The third-order valence-electron chi connectivity index (χ3n) is 4.83. The van der Waals surface area contributed by atoms with E-state index in [9.17, 15) is 5.11 Å². The van der Waals surface area contributed by atoms with Crippen molar-refractivity contribution in [2.45, 2.75) is 57.2 Å². The number of aromatic nitrogens is 1. The van der Waals surface area contributed by atoms with Gasteiger partial charge in [-0.15, -0.1) is 0 Å². The van der Waals surface area contributed by atoms with Crippen LogP contribution in [-0.4, -0.2) is 22.3 Å². The van der Waals surface area contributed by atoms with Crippen molar-refractivity contribution in [1.82, 2.24) is 4.98 Å². The predicted molar refractivity (Wildman–Crippen MR) is 73.8 cm³/mol. The highest BCUT2D eigenvalue weighted by molar-refractivity contribution is 5.22. The van der Waals surface area contributed by atoms with Crippen LogP contribution in [-0.2, 0) is 11.2 Å². The predicted octanol–water partition coefficient (Wildman–Crippen LogP) is 3.03. The average Bonchev–Trinajstić information content (AvgIpc) is 2.45. The van der Waals surface area contributed by atoms with E-state index in [0.29, 0.717) is 5.92 Å². The highest BCUT2D eigenvalue weighted by atomic mass is 16.5. The minimum atomic E-state index is -0.433. The molecule has 2 fully saturated rings. The molecular formula is C16H23NO2. The van der Waals surface area contributed by atoms with Gasteiger partial charge in [0.05, 0.1) is 17.4 Å². The molecule has 0 amide bonds. The van der Waals surface area contributed by atoms with Gasteiger partial charge in [-0.2, -0.15) is 0 Å². The summed E-state index contributed by atoms with van der Waals surface area (Å²) in [7, 11) is 0. The third kappa shape index (κ3) is 2.41. The highest BCUT2D eigenvalue weighted by Gasteiger charge is 2.44. The second-order valence-electron chi connectivity index (χ2n) is 5.98. The summed E-state index contributed by atoms with van der Waals surface area (Å²) in [6.07, 6.45) is 7.82. The number of aryl methyl sites for hydroxylation is 1. The van der Waals surface area contributed by atoms with Crippen LogP contribution in [0.4, 0.5) is 0 Å². The summed E-state index contributed by atoms with van der Waals surface area (Å²) in [4.78, 5) is 4.43. The van der Waals surface area contributed by atoms with Gasteiger partial charge in [-0.25, -0.2) is 0 Å². The molecule has 3 nitrogen and oxygen atoms in total. The molecule has 19 heavy (non-hydrogen) atoms. The first kappa shape index (κ1) is 13.1. The second-order valence-corrected chi connectivity index (χ2v) is 5.98. The Morgan fingerprint density at radius 3 is 3.05 bits per heavy atom. The van der Waals surface area contributed by atoms with E-state index < -0.39 is 6.10 Å². The summed E-state index contributed by atoms with van der Waals surface area (Å²) in [5.74, 6) is 0.300. The number of aliphatic hydroxyl groups is 1. The van der Waals surface area contributed by atoms with Crippen molar-refractivity contribution in [3.05, 3.63) is 29.6 Å². The van der Waals surface area contributed by atoms with Crippen LogP contribution in [0, 0.1) is 5.92 Å².